The van der Waals surface area contributed by atoms with E-state index < -0.39 is 11.0 Å². The summed E-state index contributed by atoms with van der Waals surface area (Å²) in [4.78, 5) is 12.4. The van der Waals surface area contributed by atoms with Gasteiger partial charge in [0.25, 0.3) is 5.69 Å². The molecule has 102 valence electrons. The molecule has 1 rings (SSSR count). The highest BCUT2D eigenvalue weighted by molar-refractivity contribution is 5.37. The normalized spacial score (nSPS) is 12.1. The molecule has 5 heteroatoms. The lowest BCUT2D eigenvalue weighted by Crippen LogP contribution is -2.29. The Kier molecular flexibility index (Phi) is 5.97. The average Bonchev–Trinajstić information content (AvgIpc) is 2.40. The first-order chi connectivity index (χ1) is 9.13. The summed E-state index contributed by atoms with van der Waals surface area (Å²) in [6, 6.07) is 8.19. The first-order valence-electron chi connectivity index (χ1n) is 6.52. The summed E-state index contributed by atoms with van der Waals surface area (Å²) in [5, 5.41) is 20.2. The largest absolute Gasteiger partial charge is 0.284 e. The van der Waals surface area contributed by atoms with Crippen LogP contribution in [0.1, 0.15) is 38.3 Å². The Hall–Kier alpha value is -1.93. The van der Waals surface area contributed by atoms with Crippen molar-refractivity contribution in [1.29, 1.82) is 5.26 Å². The molecule has 0 fully saturated rings. The number of non-ortho nitro benzene ring substituents is 1. The minimum atomic E-state index is -0.429. The van der Waals surface area contributed by atoms with Crippen molar-refractivity contribution in [2.75, 3.05) is 13.1 Å². The number of hydrogen-bond acceptors (Lipinski definition) is 4. The number of nitrogens with zero attached hydrogens (tertiary/aromatic N) is 3. The van der Waals surface area contributed by atoms with E-state index in [1.165, 1.54) is 12.1 Å². The second-order valence-corrected chi connectivity index (χ2v) is 4.42. The highest BCUT2D eigenvalue weighted by Gasteiger charge is 2.20. The van der Waals surface area contributed by atoms with E-state index in [4.69, 9.17) is 0 Å². The third-order valence-electron chi connectivity index (χ3n) is 2.91. The summed E-state index contributed by atoms with van der Waals surface area (Å²) in [6.07, 6.45) is 1.90. The summed E-state index contributed by atoms with van der Waals surface area (Å²) in [7, 11) is 0. The highest BCUT2D eigenvalue weighted by Crippen LogP contribution is 2.24. The van der Waals surface area contributed by atoms with Gasteiger partial charge < -0.3 is 0 Å². The molecule has 0 amide bonds. The Labute approximate surface area is 113 Å². The molecule has 5 nitrogen and oxygen atoms in total. The molecule has 1 unspecified atom stereocenters. The first kappa shape index (κ1) is 15.1. The van der Waals surface area contributed by atoms with E-state index in [2.05, 4.69) is 24.8 Å². The minimum Gasteiger partial charge on any atom is -0.284 e. The average molecular weight is 261 g/mol. The van der Waals surface area contributed by atoms with Crippen LogP contribution in [-0.2, 0) is 0 Å². The van der Waals surface area contributed by atoms with Gasteiger partial charge in [-0.3, -0.25) is 15.0 Å². The Morgan fingerprint density at radius 1 is 1.37 bits per heavy atom. The fraction of sp³-hybridized carbons (Fsp3) is 0.500. The van der Waals surface area contributed by atoms with Gasteiger partial charge in [-0.2, -0.15) is 5.26 Å². The third-order valence-corrected chi connectivity index (χ3v) is 2.91. The van der Waals surface area contributed by atoms with Gasteiger partial charge in [-0.1, -0.05) is 26.0 Å². The molecule has 19 heavy (non-hydrogen) atoms. The van der Waals surface area contributed by atoms with Gasteiger partial charge in [-0.15, -0.1) is 0 Å². The van der Waals surface area contributed by atoms with Crippen LogP contribution in [0.4, 0.5) is 5.69 Å². The quantitative estimate of drug-likeness (QED) is 0.558. The van der Waals surface area contributed by atoms with Crippen LogP contribution in [0.3, 0.4) is 0 Å². The Bertz CT molecular complexity index is 462. The number of nitriles is 1. The number of hydrogen-bond donors (Lipinski definition) is 0. The van der Waals surface area contributed by atoms with Crippen LogP contribution in [0.5, 0.6) is 0 Å². The number of nitro benzene ring substituents is 1. The van der Waals surface area contributed by atoms with E-state index in [1.807, 2.05) is 0 Å². The summed E-state index contributed by atoms with van der Waals surface area (Å²) >= 11 is 0. The zero-order valence-corrected chi connectivity index (χ0v) is 11.4. The lowest BCUT2D eigenvalue weighted by Gasteiger charge is -2.26. The van der Waals surface area contributed by atoms with Crippen LogP contribution < -0.4 is 0 Å². The van der Waals surface area contributed by atoms with Gasteiger partial charge in [0.05, 0.1) is 11.0 Å². The van der Waals surface area contributed by atoms with Crippen LogP contribution in [0.2, 0.25) is 0 Å². The van der Waals surface area contributed by atoms with E-state index in [1.54, 1.807) is 12.1 Å². The van der Waals surface area contributed by atoms with Crippen LogP contribution in [0.25, 0.3) is 0 Å². The van der Waals surface area contributed by atoms with Crippen molar-refractivity contribution in [3.63, 3.8) is 0 Å². The van der Waals surface area contributed by atoms with Crippen LogP contribution in [-0.4, -0.2) is 22.9 Å². The van der Waals surface area contributed by atoms with E-state index in [-0.39, 0.29) is 5.69 Å². The molecule has 0 aliphatic heterocycles. The molecule has 0 N–H and O–H groups in total. The molecular weight excluding hydrogens is 242 g/mol. The molecule has 1 atom stereocenters. The van der Waals surface area contributed by atoms with Crippen molar-refractivity contribution in [2.24, 2.45) is 0 Å². The van der Waals surface area contributed by atoms with E-state index in [9.17, 15) is 15.4 Å². The van der Waals surface area contributed by atoms with E-state index in [0.717, 1.165) is 25.9 Å². The first-order valence-corrected chi connectivity index (χ1v) is 6.52. The summed E-state index contributed by atoms with van der Waals surface area (Å²) in [6.45, 7) is 5.75. The maximum absolute atomic E-state index is 10.8. The van der Waals surface area contributed by atoms with Gasteiger partial charge in [0.2, 0.25) is 0 Å². The Morgan fingerprint density at radius 3 is 2.47 bits per heavy atom. The SMILES string of the molecule is CCCN(CCC)C(C#N)c1cccc([N+](=O)[O-])c1. The molecule has 0 aromatic heterocycles. The van der Waals surface area contributed by atoms with Crippen molar-refractivity contribution in [1.82, 2.24) is 4.90 Å². The monoisotopic (exact) mass is 261 g/mol. The van der Waals surface area contributed by atoms with Gasteiger partial charge in [-0.05, 0) is 31.5 Å². The lowest BCUT2D eigenvalue weighted by molar-refractivity contribution is -0.384. The molecular formula is C14H19N3O2. The van der Waals surface area contributed by atoms with Crippen molar-refractivity contribution in [2.45, 2.75) is 32.7 Å². The molecule has 0 heterocycles. The fourth-order valence-electron chi connectivity index (χ4n) is 2.12. The van der Waals surface area contributed by atoms with Crippen molar-refractivity contribution in [3.05, 3.63) is 39.9 Å². The molecule has 1 aromatic carbocycles. The molecule has 0 bridgehead atoms. The second kappa shape index (κ2) is 7.49. The summed E-state index contributed by atoms with van der Waals surface area (Å²) < 4.78 is 0. The second-order valence-electron chi connectivity index (χ2n) is 4.42. The Balaban J connectivity index is 3.04. The molecule has 0 saturated heterocycles. The summed E-state index contributed by atoms with van der Waals surface area (Å²) in [5.74, 6) is 0. The van der Waals surface area contributed by atoms with Crippen LogP contribution in [0.15, 0.2) is 24.3 Å². The molecule has 1 aromatic rings. The Morgan fingerprint density at radius 2 is 2.00 bits per heavy atom. The highest BCUT2D eigenvalue weighted by atomic mass is 16.6. The van der Waals surface area contributed by atoms with E-state index >= 15 is 0 Å². The zero-order chi connectivity index (χ0) is 14.3. The molecule has 0 radical (unpaired) electrons. The third kappa shape index (κ3) is 4.04. The van der Waals surface area contributed by atoms with E-state index in [0.29, 0.717) is 5.56 Å². The van der Waals surface area contributed by atoms with Gasteiger partial charge in [0, 0.05) is 12.1 Å². The molecule has 0 spiro atoms. The predicted octanol–water partition coefficient (Wildman–Crippen LogP) is 3.28. The van der Waals surface area contributed by atoms with Crippen LogP contribution >= 0.6 is 0 Å². The van der Waals surface area contributed by atoms with Gasteiger partial charge in [-0.25, -0.2) is 0 Å². The smallest absolute Gasteiger partial charge is 0.269 e. The van der Waals surface area contributed by atoms with Crippen molar-refractivity contribution >= 4 is 5.69 Å². The maximum atomic E-state index is 10.8. The topological polar surface area (TPSA) is 70.2 Å². The number of nitro groups is 1. The zero-order valence-electron chi connectivity index (χ0n) is 11.4. The predicted molar refractivity (Wildman–Crippen MR) is 73.6 cm³/mol. The molecule has 0 aliphatic carbocycles. The number of benzene rings is 1. The fourth-order valence-corrected chi connectivity index (χ4v) is 2.12. The van der Waals surface area contributed by atoms with Crippen molar-refractivity contribution in [3.8, 4) is 6.07 Å². The summed E-state index contributed by atoms with van der Waals surface area (Å²) in [5.41, 5.74) is 0.726. The van der Waals surface area contributed by atoms with Crippen molar-refractivity contribution < 1.29 is 4.92 Å². The van der Waals surface area contributed by atoms with Gasteiger partial charge in [0.1, 0.15) is 6.04 Å². The number of rotatable bonds is 7. The molecule has 0 saturated carbocycles. The minimum absolute atomic E-state index is 0.0331. The maximum Gasteiger partial charge on any atom is 0.269 e. The van der Waals surface area contributed by atoms with Crippen LogP contribution in [0, 0.1) is 21.4 Å². The van der Waals surface area contributed by atoms with Gasteiger partial charge >= 0.3 is 0 Å². The standard InChI is InChI=1S/C14H19N3O2/c1-3-8-16(9-4-2)14(11-15)12-6-5-7-13(10-12)17(18)19/h5-7,10,14H,3-4,8-9H2,1-2H3. The van der Waals surface area contributed by atoms with Gasteiger partial charge in [0.15, 0.2) is 0 Å². The molecule has 0 aliphatic rings. The lowest BCUT2D eigenvalue weighted by atomic mass is 10.1.